The number of rotatable bonds is 4. The van der Waals surface area contributed by atoms with Gasteiger partial charge in [0.05, 0.1) is 7.11 Å². The second-order valence-electron chi connectivity index (χ2n) is 4.73. The highest BCUT2D eigenvalue weighted by Crippen LogP contribution is 2.13. The zero-order chi connectivity index (χ0) is 15.2. The summed E-state index contributed by atoms with van der Waals surface area (Å²) in [5.74, 6) is -0.337. The minimum Gasteiger partial charge on any atom is -0.468 e. The van der Waals surface area contributed by atoms with Gasteiger partial charge in [-0.1, -0.05) is 28.1 Å². The molecule has 0 saturated carbocycles. The smallest absolute Gasteiger partial charge is 0.407 e. The number of carbonyl (C=O) groups is 2. The van der Waals surface area contributed by atoms with Gasteiger partial charge in [-0.3, -0.25) is 4.79 Å². The van der Waals surface area contributed by atoms with Crippen molar-refractivity contribution in [2.75, 3.05) is 13.7 Å². The monoisotopic (exact) mass is 356 g/mol. The normalized spacial score (nSPS) is 20.9. The molecule has 2 N–H and O–H groups in total. The fraction of sp³-hybridized carbons (Fsp3) is 0.429. The maximum absolute atomic E-state index is 11.7. The minimum atomic E-state index is -0.493. The van der Waals surface area contributed by atoms with Crippen molar-refractivity contribution >= 4 is 28.0 Å². The second kappa shape index (κ2) is 7.42. The molecule has 1 aromatic rings. The van der Waals surface area contributed by atoms with Crippen LogP contribution in [-0.4, -0.2) is 37.9 Å². The van der Waals surface area contributed by atoms with Crippen molar-refractivity contribution in [3.05, 3.63) is 34.3 Å². The minimum absolute atomic E-state index is 0.323. The van der Waals surface area contributed by atoms with Gasteiger partial charge in [0, 0.05) is 24.0 Å². The molecule has 2 atom stereocenters. The molecule has 114 valence electrons. The quantitative estimate of drug-likeness (QED) is 0.801. The molecule has 0 unspecified atom stereocenters. The van der Waals surface area contributed by atoms with Crippen molar-refractivity contribution in [1.82, 2.24) is 10.6 Å². The molecule has 0 aliphatic carbocycles. The van der Waals surface area contributed by atoms with E-state index in [-0.39, 0.29) is 12.1 Å². The van der Waals surface area contributed by atoms with Crippen molar-refractivity contribution in [3.8, 4) is 0 Å². The Balaban J connectivity index is 1.74. The van der Waals surface area contributed by atoms with E-state index in [0.717, 1.165) is 10.0 Å². The molecule has 1 aliphatic rings. The van der Waals surface area contributed by atoms with Gasteiger partial charge in [-0.2, -0.15) is 0 Å². The highest BCUT2D eigenvalue weighted by atomic mass is 79.9. The number of alkyl carbamates (subject to hydrolysis) is 1. The summed E-state index contributed by atoms with van der Waals surface area (Å²) in [5.41, 5.74) is 0.971. The first kappa shape index (κ1) is 15.8. The maximum atomic E-state index is 11.7. The Bertz CT molecular complexity index is 523. The molecule has 21 heavy (non-hydrogen) atoms. The van der Waals surface area contributed by atoms with Crippen molar-refractivity contribution < 1.29 is 19.1 Å². The standard InChI is InChI=1S/C14H17BrN2O4/c1-20-13(18)12-6-11(8-16-12)21-14(19)17-7-9-3-2-4-10(15)5-9/h2-5,11-12,16H,6-8H2,1H3,(H,17,19)/t11-,12+/m1/s1. The summed E-state index contributed by atoms with van der Waals surface area (Å²) in [6, 6.07) is 7.24. The highest BCUT2D eigenvalue weighted by Gasteiger charge is 2.32. The number of nitrogens with one attached hydrogen (secondary N) is 2. The van der Waals surface area contributed by atoms with Crippen molar-refractivity contribution in [3.63, 3.8) is 0 Å². The van der Waals surface area contributed by atoms with Crippen molar-refractivity contribution in [2.24, 2.45) is 0 Å². The van der Waals surface area contributed by atoms with Gasteiger partial charge < -0.3 is 20.1 Å². The molecule has 1 amide bonds. The highest BCUT2D eigenvalue weighted by molar-refractivity contribution is 9.10. The Morgan fingerprint density at radius 2 is 2.29 bits per heavy atom. The van der Waals surface area contributed by atoms with Crippen LogP contribution in [0.1, 0.15) is 12.0 Å². The van der Waals surface area contributed by atoms with Crippen LogP contribution in [0.15, 0.2) is 28.7 Å². The fourth-order valence-electron chi connectivity index (χ4n) is 2.13. The number of carbonyl (C=O) groups excluding carboxylic acids is 2. The van der Waals surface area contributed by atoms with Crippen LogP contribution in [0.3, 0.4) is 0 Å². The van der Waals surface area contributed by atoms with E-state index in [1.807, 2.05) is 24.3 Å². The average molecular weight is 357 g/mol. The van der Waals surface area contributed by atoms with E-state index in [4.69, 9.17) is 4.74 Å². The average Bonchev–Trinajstić information content (AvgIpc) is 2.93. The molecule has 1 saturated heterocycles. The third kappa shape index (κ3) is 4.71. The van der Waals surface area contributed by atoms with Gasteiger partial charge in [-0.15, -0.1) is 0 Å². The van der Waals surface area contributed by atoms with Crippen LogP contribution < -0.4 is 10.6 Å². The van der Waals surface area contributed by atoms with Crippen LogP contribution in [0.25, 0.3) is 0 Å². The van der Waals surface area contributed by atoms with Gasteiger partial charge in [-0.25, -0.2) is 4.79 Å². The second-order valence-corrected chi connectivity index (χ2v) is 5.65. The Kier molecular flexibility index (Phi) is 5.58. The summed E-state index contributed by atoms with van der Waals surface area (Å²) in [5, 5.41) is 5.64. The van der Waals surface area contributed by atoms with E-state index < -0.39 is 12.1 Å². The van der Waals surface area contributed by atoms with Crippen LogP contribution in [0.2, 0.25) is 0 Å². The lowest BCUT2D eigenvalue weighted by molar-refractivity contribution is -0.142. The molecular weight excluding hydrogens is 340 g/mol. The van der Waals surface area contributed by atoms with Crippen LogP contribution in [-0.2, 0) is 20.8 Å². The summed E-state index contributed by atoms with van der Waals surface area (Å²) in [7, 11) is 1.34. The van der Waals surface area contributed by atoms with E-state index in [0.29, 0.717) is 19.5 Å². The molecule has 7 heteroatoms. The number of esters is 1. The number of ether oxygens (including phenoxy) is 2. The Hall–Kier alpha value is -1.60. The molecule has 2 rings (SSSR count). The molecule has 6 nitrogen and oxygen atoms in total. The summed E-state index contributed by atoms with van der Waals surface area (Å²) < 4.78 is 10.9. The zero-order valence-electron chi connectivity index (χ0n) is 11.6. The van der Waals surface area contributed by atoms with E-state index in [9.17, 15) is 9.59 Å². The zero-order valence-corrected chi connectivity index (χ0v) is 13.2. The lowest BCUT2D eigenvalue weighted by Crippen LogP contribution is -2.31. The SMILES string of the molecule is COC(=O)[C@@H]1C[C@@H](OC(=O)NCc2cccc(Br)c2)CN1. The van der Waals surface area contributed by atoms with E-state index in [1.54, 1.807) is 0 Å². The Labute approximate surface area is 131 Å². The number of methoxy groups -OCH3 is 1. The number of benzene rings is 1. The lowest BCUT2D eigenvalue weighted by Gasteiger charge is -2.12. The van der Waals surface area contributed by atoms with Gasteiger partial charge in [0.1, 0.15) is 12.1 Å². The van der Waals surface area contributed by atoms with Crippen molar-refractivity contribution in [2.45, 2.75) is 25.1 Å². The maximum Gasteiger partial charge on any atom is 0.407 e. The van der Waals surface area contributed by atoms with Crippen molar-refractivity contribution in [1.29, 1.82) is 0 Å². The fourth-order valence-corrected chi connectivity index (χ4v) is 2.58. The van der Waals surface area contributed by atoms with Gasteiger partial charge in [0.2, 0.25) is 0 Å². The number of amides is 1. The lowest BCUT2D eigenvalue weighted by atomic mass is 10.2. The molecule has 1 fully saturated rings. The molecule has 0 bridgehead atoms. The van der Waals surface area contributed by atoms with E-state index >= 15 is 0 Å². The third-order valence-electron chi connectivity index (χ3n) is 3.18. The van der Waals surface area contributed by atoms with Crippen LogP contribution in [0, 0.1) is 0 Å². The molecule has 1 heterocycles. The summed E-state index contributed by atoms with van der Waals surface area (Å²) in [6.45, 7) is 0.836. The molecule has 0 aromatic heterocycles. The molecule has 1 aromatic carbocycles. The summed E-state index contributed by atoms with van der Waals surface area (Å²) >= 11 is 3.37. The molecule has 0 spiro atoms. The van der Waals surface area contributed by atoms with Crippen LogP contribution >= 0.6 is 15.9 Å². The van der Waals surface area contributed by atoms with Gasteiger partial charge in [0.15, 0.2) is 0 Å². The van der Waals surface area contributed by atoms with E-state index in [2.05, 4.69) is 31.3 Å². The molecule has 0 radical (unpaired) electrons. The van der Waals surface area contributed by atoms with Gasteiger partial charge in [-0.05, 0) is 17.7 Å². The third-order valence-corrected chi connectivity index (χ3v) is 3.67. The Morgan fingerprint density at radius 1 is 1.48 bits per heavy atom. The largest absolute Gasteiger partial charge is 0.468 e. The molecular formula is C14H17BrN2O4. The number of hydrogen-bond donors (Lipinski definition) is 2. The number of hydrogen-bond acceptors (Lipinski definition) is 5. The predicted octanol–water partition coefficient (Wildman–Crippen LogP) is 1.58. The van der Waals surface area contributed by atoms with E-state index in [1.165, 1.54) is 7.11 Å². The molecule has 1 aliphatic heterocycles. The van der Waals surface area contributed by atoms with Crippen LogP contribution in [0.5, 0.6) is 0 Å². The van der Waals surface area contributed by atoms with Gasteiger partial charge in [0.25, 0.3) is 0 Å². The van der Waals surface area contributed by atoms with Crippen LogP contribution in [0.4, 0.5) is 4.79 Å². The Morgan fingerprint density at radius 3 is 3.00 bits per heavy atom. The predicted molar refractivity (Wildman–Crippen MR) is 79.7 cm³/mol. The summed E-state index contributed by atoms with van der Waals surface area (Å²) in [4.78, 5) is 23.1. The first-order chi connectivity index (χ1) is 10.1. The topological polar surface area (TPSA) is 76.7 Å². The summed E-state index contributed by atoms with van der Waals surface area (Å²) in [6.07, 6.45) is -0.388. The number of halogens is 1. The first-order valence-corrected chi connectivity index (χ1v) is 7.38. The first-order valence-electron chi connectivity index (χ1n) is 6.58. The van der Waals surface area contributed by atoms with Gasteiger partial charge >= 0.3 is 12.1 Å².